The second-order valence-electron chi connectivity index (χ2n) is 7.93. The normalized spacial score (nSPS) is 19.7. The van der Waals surface area contributed by atoms with Crippen LogP contribution in [-0.4, -0.2) is 38.4 Å². The number of aromatic nitrogens is 3. The van der Waals surface area contributed by atoms with Crippen molar-refractivity contribution in [3.8, 4) is 0 Å². The molecule has 0 spiro atoms. The predicted molar refractivity (Wildman–Crippen MR) is 105 cm³/mol. The zero-order valence-electron chi connectivity index (χ0n) is 15.6. The lowest BCUT2D eigenvalue weighted by molar-refractivity contribution is 0.0782. The van der Waals surface area contributed by atoms with Gasteiger partial charge in [-0.25, -0.2) is 4.98 Å². The number of fused-ring (bicyclic) bond motifs is 1. The Balaban J connectivity index is 1.33. The Morgan fingerprint density at radius 1 is 1.15 bits per heavy atom. The molecular weight excluding hydrogens is 336 g/mol. The van der Waals surface area contributed by atoms with Crippen molar-refractivity contribution in [2.45, 2.75) is 38.6 Å². The summed E-state index contributed by atoms with van der Waals surface area (Å²) in [5.74, 6) is 2.43. The lowest BCUT2D eigenvalue weighted by Crippen LogP contribution is -2.30. The maximum absolute atomic E-state index is 13.1. The molecule has 3 aromatic rings. The van der Waals surface area contributed by atoms with Gasteiger partial charge in [0.2, 0.25) is 0 Å². The number of nitrogens with zero attached hydrogens (tertiary/aromatic N) is 4. The smallest absolute Gasteiger partial charge is 0.273 e. The van der Waals surface area contributed by atoms with Crippen LogP contribution in [-0.2, 0) is 6.54 Å². The number of benzene rings is 1. The van der Waals surface area contributed by atoms with Crippen molar-refractivity contribution in [2.24, 2.45) is 5.92 Å². The van der Waals surface area contributed by atoms with E-state index in [4.69, 9.17) is 0 Å². The largest absolute Gasteiger partial charge is 0.337 e. The summed E-state index contributed by atoms with van der Waals surface area (Å²) < 4.78 is 2.38. The molecule has 1 atom stereocenters. The van der Waals surface area contributed by atoms with Gasteiger partial charge >= 0.3 is 0 Å². The fraction of sp³-hybridized carbons (Fsp3) is 0.409. The van der Waals surface area contributed by atoms with Crippen molar-refractivity contribution >= 4 is 16.7 Å². The minimum absolute atomic E-state index is 0.0547. The third kappa shape index (κ3) is 3.01. The van der Waals surface area contributed by atoms with Crippen LogP contribution in [0.15, 0.2) is 42.7 Å². The van der Waals surface area contributed by atoms with Gasteiger partial charge in [-0.1, -0.05) is 24.3 Å². The van der Waals surface area contributed by atoms with E-state index in [-0.39, 0.29) is 5.91 Å². The van der Waals surface area contributed by atoms with Crippen LogP contribution in [0.1, 0.15) is 47.2 Å². The number of aryl methyl sites for hydroxylation is 1. The van der Waals surface area contributed by atoms with Crippen molar-refractivity contribution in [2.75, 3.05) is 13.1 Å². The average Bonchev–Trinajstić information content (AvgIpc) is 3.33. The molecular formula is C22H24N4O. The predicted octanol–water partition coefficient (Wildman–Crippen LogP) is 3.78. The summed E-state index contributed by atoms with van der Waals surface area (Å²) >= 11 is 0. The van der Waals surface area contributed by atoms with Gasteiger partial charge in [-0.2, -0.15) is 0 Å². The lowest BCUT2D eigenvalue weighted by atomic mass is 10.1. The van der Waals surface area contributed by atoms with E-state index in [0.717, 1.165) is 36.8 Å². The first kappa shape index (κ1) is 16.5. The third-order valence-corrected chi connectivity index (χ3v) is 5.92. The molecule has 2 aliphatic rings. The van der Waals surface area contributed by atoms with E-state index in [9.17, 15) is 4.79 Å². The van der Waals surface area contributed by atoms with Gasteiger partial charge in [0, 0.05) is 49.0 Å². The van der Waals surface area contributed by atoms with Crippen molar-refractivity contribution in [1.82, 2.24) is 19.4 Å². The quantitative estimate of drug-likeness (QED) is 0.711. The summed E-state index contributed by atoms with van der Waals surface area (Å²) in [6.45, 7) is 4.70. The summed E-state index contributed by atoms with van der Waals surface area (Å²) in [6.07, 6.45) is 7.29. The van der Waals surface area contributed by atoms with Gasteiger partial charge in [0.25, 0.3) is 5.91 Å². The van der Waals surface area contributed by atoms with E-state index in [1.54, 1.807) is 6.20 Å². The van der Waals surface area contributed by atoms with Gasteiger partial charge in [-0.15, -0.1) is 0 Å². The minimum Gasteiger partial charge on any atom is -0.337 e. The highest BCUT2D eigenvalue weighted by molar-refractivity contribution is 6.05. The first-order chi connectivity index (χ1) is 13.2. The van der Waals surface area contributed by atoms with Crippen LogP contribution >= 0.6 is 0 Å². The Bertz CT molecular complexity index is 999. The van der Waals surface area contributed by atoms with E-state index in [0.29, 0.717) is 17.5 Å². The molecule has 5 nitrogen and oxygen atoms in total. The van der Waals surface area contributed by atoms with E-state index < -0.39 is 0 Å². The van der Waals surface area contributed by atoms with Gasteiger partial charge in [0.15, 0.2) is 0 Å². The lowest BCUT2D eigenvalue weighted by Gasteiger charge is -2.18. The van der Waals surface area contributed by atoms with Crippen molar-refractivity contribution < 1.29 is 4.79 Å². The summed E-state index contributed by atoms with van der Waals surface area (Å²) in [5, 5.41) is 2.00. The topological polar surface area (TPSA) is 51.0 Å². The Kier molecular flexibility index (Phi) is 3.96. The standard InChI is InChI=1S/C22H24N4O/c1-15-12-24-21(18-6-7-18)26(15)14-16-9-11-25(13-16)22(27)20-19-5-3-2-4-17(19)8-10-23-20/h2-5,8,10,12,16,18H,6-7,9,11,13-14H2,1H3. The van der Waals surface area contributed by atoms with E-state index >= 15 is 0 Å². The fourth-order valence-corrected chi connectivity index (χ4v) is 4.25. The van der Waals surface area contributed by atoms with Gasteiger partial charge < -0.3 is 9.47 Å². The number of amides is 1. The highest BCUT2D eigenvalue weighted by Gasteiger charge is 2.32. The van der Waals surface area contributed by atoms with E-state index in [1.807, 2.05) is 41.4 Å². The van der Waals surface area contributed by atoms with Crippen LogP contribution in [0, 0.1) is 12.8 Å². The maximum Gasteiger partial charge on any atom is 0.273 e. The molecule has 1 aromatic carbocycles. The molecule has 27 heavy (non-hydrogen) atoms. The number of pyridine rings is 1. The summed E-state index contributed by atoms with van der Waals surface area (Å²) in [7, 11) is 0. The van der Waals surface area contributed by atoms with E-state index in [1.165, 1.54) is 24.4 Å². The maximum atomic E-state index is 13.1. The molecule has 5 heteroatoms. The molecule has 1 saturated carbocycles. The van der Waals surface area contributed by atoms with Crippen LogP contribution in [0.25, 0.3) is 10.8 Å². The fourth-order valence-electron chi connectivity index (χ4n) is 4.25. The molecule has 1 aliphatic heterocycles. The molecule has 1 saturated heterocycles. The van der Waals surface area contributed by atoms with Gasteiger partial charge in [0.1, 0.15) is 11.5 Å². The molecule has 2 aromatic heterocycles. The van der Waals surface area contributed by atoms with Crippen LogP contribution < -0.4 is 0 Å². The third-order valence-electron chi connectivity index (χ3n) is 5.92. The second-order valence-corrected chi connectivity index (χ2v) is 7.93. The van der Waals surface area contributed by atoms with E-state index in [2.05, 4.69) is 21.5 Å². The molecule has 0 radical (unpaired) electrons. The molecule has 0 bridgehead atoms. The number of carbonyl (C=O) groups is 1. The average molecular weight is 360 g/mol. The molecule has 1 unspecified atom stereocenters. The Hall–Kier alpha value is -2.69. The van der Waals surface area contributed by atoms with Crippen molar-refractivity contribution in [1.29, 1.82) is 0 Å². The highest BCUT2D eigenvalue weighted by atomic mass is 16.2. The molecule has 0 N–H and O–H groups in total. The molecule has 1 aliphatic carbocycles. The number of hydrogen-bond donors (Lipinski definition) is 0. The first-order valence-corrected chi connectivity index (χ1v) is 9.86. The molecule has 2 fully saturated rings. The van der Waals surface area contributed by atoms with Gasteiger partial charge in [-0.05, 0) is 43.6 Å². The monoisotopic (exact) mass is 360 g/mol. The number of rotatable bonds is 4. The minimum atomic E-state index is 0.0547. The molecule has 1 amide bonds. The van der Waals surface area contributed by atoms with Gasteiger partial charge in [0.05, 0.1) is 0 Å². The summed E-state index contributed by atoms with van der Waals surface area (Å²) in [5.41, 5.74) is 1.81. The Morgan fingerprint density at radius 2 is 2.00 bits per heavy atom. The summed E-state index contributed by atoms with van der Waals surface area (Å²) in [4.78, 5) is 24.1. The number of carbonyl (C=O) groups excluding carboxylic acids is 1. The highest BCUT2D eigenvalue weighted by Crippen LogP contribution is 2.40. The number of imidazole rings is 1. The number of likely N-dealkylation sites (tertiary alicyclic amines) is 1. The Labute approximate surface area is 159 Å². The molecule has 3 heterocycles. The van der Waals surface area contributed by atoms with Gasteiger partial charge in [-0.3, -0.25) is 9.78 Å². The van der Waals surface area contributed by atoms with Crippen LogP contribution in [0.5, 0.6) is 0 Å². The zero-order valence-corrected chi connectivity index (χ0v) is 15.6. The van der Waals surface area contributed by atoms with Crippen LogP contribution in [0.4, 0.5) is 0 Å². The SMILES string of the molecule is Cc1cnc(C2CC2)n1CC1CCN(C(=O)c2nccc3ccccc23)C1. The summed E-state index contributed by atoms with van der Waals surface area (Å²) in [6, 6.07) is 9.93. The molecule has 5 rings (SSSR count). The molecule has 138 valence electrons. The first-order valence-electron chi connectivity index (χ1n) is 9.86. The zero-order chi connectivity index (χ0) is 18.4. The number of hydrogen-bond acceptors (Lipinski definition) is 3. The second kappa shape index (κ2) is 6.48. The van der Waals surface area contributed by atoms with Crippen LogP contribution in [0.2, 0.25) is 0 Å². The van der Waals surface area contributed by atoms with Crippen molar-refractivity contribution in [3.63, 3.8) is 0 Å². The van der Waals surface area contributed by atoms with Crippen LogP contribution in [0.3, 0.4) is 0 Å². The Morgan fingerprint density at radius 3 is 2.85 bits per heavy atom. The van der Waals surface area contributed by atoms with Crippen molar-refractivity contribution in [3.05, 3.63) is 59.9 Å².